The first-order chi connectivity index (χ1) is 10.2. The first-order valence-corrected chi connectivity index (χ1v) is 7.51. The van der Waals surface area contributed by atoms with Crippen LogP contribution in [0.25, 0.3) is 0 Å². The molecule has 0 aliphatic carbocycles. The number of Topliss-reactive ketones (excluding diaryl/α,β-unsaturated/α-hetero) is 1. The van der Waals surface area contributed by atoms with Gasteiger partial charge in [-0.15, -0.1) is 0 Å². The van der Waals surface area contributed by atoms with Crippen LogP contribution in [0.3, 0.4) is 0 Å². The maximum Gasteiger partial charge on any atom is 0.193 e. The number of halogens is 1. The van der Waals surface area contributed by atoms with Crippen LogP contribution in [0.1, 0.15) is 22.0 Å². The van der Waals surface area contributed by atoms with Crippen molar-refractivity contribution in [2.24, 2.45) is 0 Å². The zero-order chi connectivity index (χ0) is 15.2. The lowest BCUT2D eigenvalue weighted by Crippen LogP contribution is -2.37. The fourth-order valence-electron chi connectivity index (χ4n) is 2.32. The van der Waals surface area contributed by atoms with Crippen molar-refractivity contribution >= 4 is 21.7 Å². The molecule has 3 nitrogen and oxygen atoms in total. The van der Waals surface area contributed by atoms with Gasteiger partial charge in [-0.05, 0) is 24.7 Å². The fourth-order valence-corrected chi connectivity index (χ4v) is 2.59. The molecular formula is C17H18BrNO2. The van der Waals surface area contributed by atoms with E-state index in [9.17, 15) is 4.79 Å². The Balaban J connectivity index is 2.29. The molecule has 110 valence electrons. The summed E-state index contributed by atoms with van der Waals surface area (Å²) >= 11 is 3.42. The maximum atomic E-state index is 12.6. The number of ketones is 1. The van der Waals surface area contributed by atoms with Gasteiger partial charge in [-0.2, -0.15) is 0 Å². The molecule has 0 saturated carbocycles. The molecule has 2 rings (SSSR count). The predicted molar refractivity (Wildman–Crippen MR) is 87.5 cm³/mol. The molecule has 21 heavy (non-hydrogen) atoms. The summed E-state index contributed by atoms with van der Waals surface area (Å²) in [5.41, 5.74) is 1.67. The Morgan fingerprint density at radius 1 is 1.10 bits per heavy atom. The lowest BCUT2D eigenvalue weighted by atomic mass is 9.95. The van der Waals surface area contributed by atoms with Crippen LogP contribution in [0.4, 0.5) is 0 Å². The zero-order valence-corrected chi connectivity index (χ0v) is 13.6. The summed E-state index contributed by atoms with van der Waals surface area (Å²) in [7, 11) is 3.39. The number of ether oxygens (including phenoxy) is 1. The first kappa shape index (κ1) is 15.9. The molecule has 0 amide bonds. The number of benzene rings is 2. The Hall–Kier alpha value is -1.49. The van der Waals surface area contributed by atoms with E-state index in [-0.39, 0.29) is 11.8 Å². The molecule has 2 aromatic rings. The Bertz CT molecular complexity index is 583. The van der Waals surface area contributed by atoms with Crippen molar-refractivity contribution in [2.45, 2.75) is 12.1 Å². The highest BCUT2D eigenvalue weighted by Gasteiger charge is 2.29. The summed E-state index contributed by atoms with van der Waals surface area (Å²) in [4.78, 5) is 12.6. The molecule has 0 heterocycles. The minimum atomic E-state index is -0.571. The SMILES string of the molecule is CNC(c1ccc(Br)cc1)C(OC)C(=O)c1ccccc1. The van der Waals surface area contributed by atoms with E-state index in [4.69, 9.17) is 4.74 Å². The van der Waals surface area contributed by atoms with Gasteiger partial charge in [0.15, 0.2) is 5.78 Å². The number of rotatable bonds is 6. The van der Waals surface area contributed by atoms with Crippen LogP contribution >= 0.6 is 15.9 Å². The number of hydrogen-bond acceptors (Lipinski definition) is 3. The Labute approximate surface area is 133 Å². The van der Waals surface area contributed by atoms with E-state index in [2.05, 4.69) is 21.2 Å². The van der Waals surface area contributed by atoms with Gasteiger partial charge in [-0.3, -0.25) is 4.79 Å². The molecule has 2 atom stereocenters. The summed E-state index contributed by atoms with van der Waals surface area (Å²) in [5.74, 6) is -0.0274. The highest BCUT2D eigenvalue weighted by molar-refractivity contribution is 9.10. The van der Waals surface area contributed by atoms with Crippen LogP contribution in [-0.4, -0.2) is 26.0 Å². The highest BCUT2D eigenvalue weighted by Crippen LogP contribution is 2.23. The van der Waals surface area contributed by atoms with Crippen LogP contribution in [0.2, 0.25) is 0 Å². The molecule has 0 bridgehead atoms. The smallest absolute Gasteiger partial charge is 0.193 e. The highest BCUT2D eigenvalue weighted by atomic mass is 79.9. The number of carbonyl (C=O) groups is 1. The molecule has 0 aromatic heterocycles. The van der Waals surface area contributed by atoms with Gasteiger partial charge >= 0.3 is 0 Å². The van der Waals surface area contributed by atoms with Crippen LogP contribution in [0, 0.1) is 0 Å². The molecule has 0 aliphatic rings. The molecule has 2 aromatic carbocycles. The minimum absolute atomic E-state index is 0.0274. The second kappa shape index (κ2) is 7.50. The van der Waals surface area contributed by atoms with E-state index in [1.165, 1.54) is 0 Å². The van der Waals surface area contributed by atoms with Crippen molar-refractivity contribution in [3.8, 4) is 0 Å². The molecule has 1 N–H and O–H groups in total. The zero-order valence-electron chi connectivity index (χ0n) is 12.0. The van der Waals surface area contributed by atoms with Crippen molar-refractivity contribution in [1.82, 2.24) is 5.32 Å². The number of carbonyl (C=O) groups excluding carboxylic acids is 1. The van der Waals surface area contributed by atoms with Crippen LogP contribution < -0.4 is 5.32 Å². The Morgan fingerprint density at radius 3 is 2.24 bits per heavy atom. The Kier molecular flexibility index (Phi) is 5.67. The van der Waals surface area contributed by atoms with E-state index in [0.29, 0.717) is 5.56 Å². The summed E-state index contributed by atoms with van der Waals surface area (Å²) in [6.45, 7) is 0. The van der Waals surface area contributed by atoms with E-state index in [0.717, 1.165) is 10.0 Å². The molecule has 0 fully saturated rings. The van der Waals surface area contributed by atoms with Crippen molar-refractivity contribution in [3.05, 3.63) is 70.2 Å². The molecule has 0 saturated heterocycles. The van der Waals surface area contributed by atoms with Gasteiger partial charge in [0.25, 0.3) is 0 Å². The predicted octanol–water partition coefficient (Wildman–Crippen LogP) is 3.61. The van der Waals surface area contributed by atoms with Gasteiger partial charge in [0.2, 0.25) is 0 Å². The Morgan fingerprint density at radius 2 is 1.71 bits per heavy atom. The summed E-state index contributed by atoms with van der Waals surface area (Å²) in [5, 5.41) is 3.18. The van der Waals surface area contributed by atoms with Gasteiger partial charge < -0.3 is 10.1 Å². The quantitative estimate of drug-likeness (QED) is 0.811. The average Bonchev–Trinajstić information content (AvgIpc) is 2.54. The monoisotopic (exact) mass is 347 g/mol. The van der Waals surface area contributed by atoms with Gasteiger partial charge in [0.05, 0.1) is 6.04 Å². The molecule has 0 aliphatic heterocycles. The van der Waals surface area contributed by atoms with Crippen molar-refractivity contribution in [2.75, 3.05) is 14.2 Å². The number of hydrogen-bond donors (Lipinski definition) is 1. The van der Waals surface area contributed by atoms with Crippen molar-refractivity contribution in [1.29, 1.82) is 0 Å². The van der Waals surface area contributed by atoms with Crippen LogP contribution in [-0.2, 0) is 4.74 Å². The third-order valence-electron chi connectivity index (χ3n) is 3.41. The second-order valence-corrected chi connectivity index (χ2v) is 5.62. The van der Waals surface area contributed by atoms with Gasteiger partial charge in [0.1, 0.15) is 6.10 Å². The lowest BCUT2D eigenvalue weighted by molar-refractivity contribution is 0.0484. The van der Waals surface area contributed by atoms with Gasteiger partial charge in [-0.1, -0.05) is 58.4 Å². The largest absolute Gasteiger partial charge is 0.371 e. The van der Waals surface area contributed by atoms with Crippen molar-refractivity contribution in [3.63, 3.8) is 0 Å². The molecular weight excluding hydrogens is 330 g/mol. The second-order valence-electron chi connectivity index (χ2n) is 4.70. The molecule has 0 radical (unpaired) electrons. The van der Waals surface area contributed by atoms with Crippen molar-refractivity contribution < 1.29 is 9.53 Å². The summed E-state index contributed by atoms with van der Waals surface area (Å²) in [6, 6.07) is 16.9. The van der Waals surface area contributed by atoms with Crippen LogP contribution in [0.5, 0.6) is 0 Å². The third kappa shape index (κ3) is 3.79. The summed E-state index contributed by atoms with van der Waals surface area (Å²) < 4.78 is 6.48. The minimum Gasteiger partial charge on any atom is -0.371 e. The standard InChI is InChI=1S/C17H18BrNO2/c1-19-15(12-8-10-14(18)11-9-12)17(21-2)16(20)13-6-4-3-5-7-13/h3-11,15,17,19H,1-2H3. The summed E-state index contributed by atoms with van der Waals surface area (Å²) in [6.07, 6.45) is -0.571. The fraction of sp³-hybridized carbons (Fsp3) is 0.235. The molecule has 0 spiro atoms. The normalized spacial score (nSPS) is 13.7. The number of likely N-dealkylation sites (N-methyl/N-ethyl adjacent to an activating group) is 1. The van der Waals surface area contributed by atoms with E-state index >= 15 is 0 Å². The number of nitrogens with one attached hydrogen (secondary N) is 1. The molecule has 4 heteroatoms. The lowest BCUT2D eigenvalue weighted by Gasteiger charge is -2.25. The van der Waals surface area contributed by atoms with Gasteiger partial charge in [-0.25, -0.2) is 0 Å². The van der Waals surface area contributed by atoms with Crippen LogP contribution in [0.15, 0.2) is 59.1 Å². The van der Waals surface area contributed by atoms with Gasteiger partial charge in [0, 0.05) is 17.1 Å². The average molecular weight is 348 g/mol. The maximum absolute atomic E-state index is 12.6. The van der Waals surface area contributed by atoms with E-state index < -0.39 is 6.10 Å². The topological polar surface area (TPSA) is 38.3 Å². The molecule has 2 unspecified atom stereocenters. The van der Waals surface area contributed by atoms with E-state index in [1.54, 1.807) is 7.11 Å². The third-order valence-corrected chi connectivity index (χ3v) is 3.94. The van der Waals surface area contributed by atoms with E-state index in [1.807, 2.05) is 61.6 Å². The first-order valence-electron chi connectivity index (χ1n) is 6.72. The number of methoxy groups -OCH3 is 1.